The highest BCUT2D eigenvalue weighted by molar-refractivity contribution is 5.91. The van der Waals surface area contributed by atoms with E-state index in [9.17, 15) is 22.0 Å². The molecule has 0 amide bonds. The van der Waals surface area contributed by atoms with Gasteiger partial charge in [0.1, 0.15) is 17.3 Å². The normalized spacial score (nSPS) is 15.8. The highest BCUT2D eigenvalue weighted by Crippen LogP contribution is 2.39. The zero-order chi connectivity index (χ0) is 22.5. The van der Waals surface area contributed by atoms with E-state index >= 15 is 0 Å². The van der Waals surface area contributed by atoms with Crippen molar-refractivity contribution in [1.29, 1.82) is 0 Å². The lowest BCUT2D eigenvalue weighted by Gasteiger charge is -2.31. The van der Waals surface area contributed by atoms with Gasteiger partial charge < -0.3 is 4.90 Å². The Balaban J connectivity index is 1.79. The van der Waals surface area contributed by atoms with Crippen LogP contribution in [0.25, 0.3) is 22.3 Å². The molecule has 0 saturated carbocycles. The molecule has 166 valence electrons. The molecule has 10 heteroatoms. The van der Waals surface area contributed by atoms with Crippen molar-refractivity contribution in [3.8, 4) is 11.3 Å². The number of aryl methyl sites for hydroxylation is 1. The molecule has 5 nitrogen and oxygen atoms in total. The fourth-order valence-corrected chi connectivity index (χ4v) is 4.07. The van der Waals surface area contributed by atoms with Crippen molar-refractivity contribution < 1.29 is 22.0 Å². The summed E-state index contributed by atoms with van der Waals surface area (Å²) < 4.78 is 70.0. The number of benzene rings is 1. The van der Waals surface area contributed by atoms with Crippen LogP contribution in [0.1, 0.15) is 37.3 Å². The number of hydrogen-bond acceptors (Lipinski definition) is 4. The summed E-state index contributed by atoms with van der Waals surface area (Å²) in [6.07, 6.45) is -0.321. The molecule has 0 spiro atoms. The standard InChI is InChI=1S/C21H22F5N5/c1-4-12-5-7-31(8-6-12)20-27-10-14-18(29-30(3)19(14)28-20)13-9-15(21(24,25)26)17(23)11(2)16(13)22/h9-10,12H,4-8H2,1-3H3. The number of halogens is 5. The molecule has 3 aromatic rings. The zero-order valence-corrected chi connectivity index (χ0v) is 17.4. The van der Waals surface area contributed by atoms with E-state index in [1.54, 1.807) is 7.05 Å². The first kappa shape index (κ1) is 21.5. The highest BCUT2D eigenvalue weighted by atomic mass is 19.4. The summed E-state index contributed by atoms with van der Waals surface area (Å²) in [6.45, 7) is 4.77. The lowest BCUT2D eigenvalue weighted by molar-refractivity contribution is -0.140. The Morgan fingerprint density at radius 1 is 1.13 bits per heavy atom. The lowest BCUT2D eigenvalue weighted by Crippen LogP contribution is -2.34. The number of hydrogen-bond donors (Lipinski definition) is 0. The molecule has 0 radical (unpaired) electrons. The van der Waals surface area contributed by atoms with Gasteiger partial charge in [-0.2, -0.15) is 23.3 Å². The van der Waals surface area contributed by atoms with Crippen LogP contribution in [0.3, 0.4) is 0 Å². The average molecular weight is 439 g/mol. The summed E-state index contributed by atoms with van der Waals surface area (Å²) in [5.74, 6) is -1.53. The van der Waals surface area contributed by atoms with Crippen LogP contribution in [0.5, 0.6) is 0 Å². The Morgan fingerprint density at radius 3 is 2.42 bits per heavy atom. The molecule has 1 aromatic carbocycles. The van der Waals surface area contributed by atoms with Gasteiger partial charge in [-0.25, -0.2) is 18.4 Å². The number of aromatic nitrogens is 4. The third-order valence-corrected chi connectivity index (χ3v) is 6.02. The molecule has 1 saturated heterocycles. The van der Waals surface area contributed by atoms with Crippen molar-refractivity contribution in [3.63, 3.8) is 0 Å². The van der Waals surface area contributed by atoms with Crippen LogP contribution in [0, 0.1) is 24.5 Å². The second kappa shape index (κ2) is 7.72. The van der Waals surface area contributed by atoms with Crippen molar-refractivity contribution >= 4 is 17.0 Å². The van der Waals surface area contributed by atoms with Gasteiger partial charge in [0.2, 0.25) is 5.95 Å². The van der Waals surface area contributed by atoms with Crippen LogP contribution in [0.4, 0.5) is 27.9 Å². The van der Waals surface area contributed by atoms with Crippen LogP contribution in [-0.2, 0) is 13.2 Å². The summed E-state index contributed by atoms with van der Waals surface area (Å²) in [7, 11) is 1.57. The molecule has 2 aromatic heterocycles. The van der Waals surface area contributed by atoms with Crippen molar-refractivity contribution in [2.24, 2.45) is 13.0 Å². The van der Waals surface area contributed by atoms with Gasteiger partial charge >= 0.3 is 6.18 Å². The van der Waals surface area contributed by atoms with Crippen LogP contribution in [-0.4, -0.2) is 32.8 Å². The van der Waals surface area contributed by atoms with Gasteiger partial charge in [-0.05, 0) is 31.7 Å². The van der Waals surface area contributed by atoms with Crippen LogP contribution >= 0.6 is 0 Å². The topological polar surface area (TPSA) is 46.8 Å². The SMILES string of the molecule is CCC1CCN(c2ncc3c(-c4cc(C(F)(F)F)c(F)c(C)c4F)nn(C)c3n2)CC1. The Morgan fingerprint density at radius 2 is 1.81 bits per heavy atom. The predicted octanol–water partition coefficient (Wildman–Crippen LogP) is 5.26. The van der Waals surface area contributed by atoms with Crippen molar-refractivity contribution in [3.05, 3.63) is 35.0 Å². The second-order valence-electron chi connectivity index (χ2n) is 7.94. The van der Waals surface area contributed by atoms with Gasteiger partial charge in [0.15, 0.2) is 5.65 Å². The summed E-state index contributed by atoms with van der Waals surface area (Å²) in [6, 6.07) is 0.461. The summed E-state index contributed by atoms with van der Waals surface area (Å²) in [5.41, 5.74) is -2.36. The average Bonchev–Trinajstić information content (AvgIpc) is 3.07. The van der Waals surface area contributed by atoms with Crippen molar-refractivity contribution in [2.45, 2.75) is 39.3 Å². The molecule has 0 unspecified atom stereocenters. The Bertz CT molecular complexity index is 1130. The zero-order valence-electron chi connectivity index (χ0n) is 17.4. The molecule has 0 N–H and O–H groups in total. The van der Waals surface area contributed by atoms with E-state index in [-0.39, 0.29) is 5.69 Å². The Labute approximate surface area is 175 Å². The molecule has 1 aliphatic heterocycles. The molecule has 4 rings (SSSR count). The van der Waals surface area contributed by atoms with Gasteiger partial charge in [-0.1, -0.05) is 13.3 Å². The molecular weight excluding hydrogens is 417 g/mol. The third kappa shape index (κ3) is 3.72. The van der Waals surface area contributed by atoms with E-state index in [0.29, 0.717) is 29.0 Å². The number of rotatable bonds is 3. The first-order chi connectivity index (χ1) is 14.6. The Hall–Kier alpha value is -2.78. The maximum atomic E-state index is 14.8. The number of nitrogens with zero attached hydrogens (tertiary/aromatic N) is 5. The highest BCUT2D eigenvalue weighted by Gasteiger charge is 2.37. The number of piperidine rings is 1. The van der Waals surface area contributed by atoms with E-state index in [4.69, 9.17) is 0 Å². The molecule has 1 aliphatic rings. The van der Waals surface area contributed by atoms with Gasteiger partial charge in [-0.15, -0.1) is 0 Å². The molecular formula is C21H22F5N5. The van der Waals surface area contributed by atoms with Gasteiger partial charge in [-0.3, -0.25) is 0 Å². The van der Waals surface area contributed by atoms with Gasteiger partial charge in [0.05, 0.1) is 10.9 Å². The maximum absolute atomic E-state index is 14.8. The fraction of sp³-hybridized carbons (Fsp3) is 0.476. The van der Waals surface area contributed by atoms with Crippen molar-refractivity contribution in [2.75, 3.05) is 18.0 Å². The molecule has 0 bridgehead atoms. The maximum Gasteiger partial charge on any atom is 0.419 e. The van der Waals surface area contributed by atoms with E-state index in [2.05, 4.69) is 26.9 Å². The Kier molecular flexibility index (Phi) is 5.35. The van der Waals surface area contributed by atoms with E-state index in [0.717, 1.165) is 39.3 Å². The number of anilines is 1. The summed E-state index contributed by atoms with van der Waals surface area (Å²) in [5, 5.41) is 4.49. The third-order valence-electron chi connectivity index (χ3n) is 6.02. The van der Waals surface area contributed by atoms with Crippen LogP contribution in [0.15, 0.2) is 12.3 Å². The predicted molar refractivity (Wildman–Crippen MR) is 107 cm³/mol. The fourth-order valence-electron chi connectivity index (χ4n) is 4.07. The van der Waals surface area contributed by atoms with Crippen LogP contribution in [0.2, 0.25) is 0 Å². The van der Waals surface area contributed by atoms with E-state index in [1.807, 2.05) is 0 Å². The number of alkyl halides is 3. The van der Waals surface area contributed by atoms with Crippen molar-refractivity contribution in [1.82, 2.24) is 19.7 Å². The van der Waals surface area contributed by atoms with Crippen LogP contribution < -0.4 is 4.90 Å². The van der Waals surface area contributed by atoms with Gasteiger partial charge in [0.25, 0.3) is 0 Å². The number of fused-ring (bicyclic) bond motifs is 1. The molecule has 0 aliphatic carbocycles. The summed E-state index contributed by atoms with van der Waals surface area (Å²) in [4.78, 5) is 11.0. The smallest absolute Gasteiger partial charge is 0.341 e. The second-order valence-corrected chi connectivity index (χ2v) is 7.94. The quantitative estimate of drug-likeness (QED) is 0.522. The monoisotopic (exact) mass is 439 g/mol. The van der Waals surface area contributed by atoms with E-state index < -0.39 is 34.5 Å². The molecule has 31 heavy (non-hydrogen) atoms. The minimum absolute atomic E-state index is 0.0557. The molecule has 1 fully saturated rings. The minimum atomic E-state index is -4.96. The summed E-state index contributed by atoms with van der Waals surface area (Å²) >= 11 is 0. The lowest BCUT2D eigenvalue weighted by atomic mass is 9.95. The first-order valence-corrected chi connectivity index (χ1v) is 10.1. The van der Waals surface area contributed by atoms with E-state index in [1.165, 1.54) is 10.9 Å². The molecule has 3 heterocycles. The largest absolute Gasteiger partial charge is 0.419 e. The molecule has 0 atom stereocenters. The first-order valence-electron chi connectivity index (χ1n) is 10.1. The van der Waals surface area contributed by atoms with Gasteiger partial charge in [0, 0.05) is 37.5 Å². The minimum Gasteiger partial charge on any atom is -0.341 e.